The Morgan fingerprint density at radius 3 is 3.06 bits per heavy atom. The molecule has 1 saturated heterocycles. The second-order valence-electron chi connectivity index (χ2n) is 5.07. The summed E-state index contributed by atoms with van der Waals surface area (Å²) in [5, 5.41) is 7.48. The maximum Gasteiger partial charge on any atom is 0.223 e. The van der Waals surface area contributed by atoms with Gasteiger partial charge in [-0.05, 0) is 32.8 Å². The third-order valence-corrected chi connectivity index (χ3v) is 3.30. The van der Waals surface area contributed by atoms with Gasteiger partial charge in [-0.3, -0.25) is 9.48 Å². The van der Waals surface area contributed by atoms with Gasteiger partial charge < -0.3 is 5.32 Å². The van der Waals surface area contributed by atoms with Crippen molar-refractivity contribution < 1.29 is 4.79 Å². The molecule has 1 fully saturated rings. The Labute approximate surface area is 102 Å². The van der Waals surface area contributed by atoms with Gasteiger partial charge in [0.05, 0.1) is 5.69 Å². The summed E-state index contributed by atoms with van der Waals surface area (Å²) < 4.78 is 1.95. The second kappa shape index (κ2) is 5.34. The van der Waals surface area contributed by atoms with E-state index in [4.69, 9.17) is 0 Å². The number of nitrogens with one attached hydrogen (secondary N) is 1. The van der Waals surface area contributed by atoms with Crippen LogP contribution < -0.4 is 5.32 Å². The molecule has 0 spiro atoms. The first-order valence-corrected chi connectivity index (χ1v) is 6.48. The lowest BCUT2D eigenvalue weighted by atomic mass is 9.97. The van der Waals surface area contributed by atoms with Crippen molar-refractivity contribution in [3.05, 3.63) is 18.0 Å². The molecule has 2 rings (SSSR count). The number of rotatable bonds is 3. The highest BCUT2D eigenvalue weighted by Gasteiger charge is 2.21. The van der Waals surface area contributed by atoms with Crippen molar-refractivity contribution in [2.24, 2.45) is 5.92 Å². The van der Waals surface area contributed by atoms with Crippen molar-refractivity contribution in [1.29, 1.82) is 0 Å². The normalized spacial score (nSPS) is 21.4. The molecule has 0 aliphatic carbocycles. The van der Waals surface area contributed by atoms with Gasteiger partial charge >= 0.3 is 0 Å². The Bertz CT molecular complexity index is 384. The second-order valence-corrected chi connectivity index (χ2v) is 5.07. The standard InChI is InChI=1S/C13H21N3O/c1-10(2)16-8-6-12(15-16)9-11-5-3-4-7-14-13(11)17/h6,8,10-11H,3-5,7,9H2,1-2H3,(H,14,17). The first kappa shape index (κ1) is 12.1. The van der Waals surface area contributed by atoms with Crippen LogP contribution in [0.25, 0.3) is 0 Å². The molecule has 1 aliphatic rings. The quantitative estimate of drug-likeness (QED) is 0.870. The average molecular weight is 235 g/mol. The van der Waals surface area contributed by atoms with Gasteiger partial charge in [0.2, 0.25) is 5.91 Å². The maximum atomic E-state index is 11.8. The van der Waals surface area contributed by atoms with Gasteiger partial charge in [-0.25, -0.2) is 0 Å². The topological polar surface area (TPSA) is 46.9 Å². The smallest absolute Gasteiger partial charge is 0.223 e. The van der Waals surface area contributed by atoms with E-state index in [9.17, 15) is 4.79 Å². The van der Waals surface area contributed by atoms with Crippen LogP contribution in [-0.4, -0.2) is 22.2 Å². The summed E-state index contributed by atoms with van der Waals surface area (Å²) >= 11 is 0. The van der Waals surface area contributed by atoms with Crippen molar-refractivity contribution >= 4 is 5.91 Å². The summed E-state index contributed by atoms with van der Waals surface area (Å²) in [6, 6.07) is 2.41. The third kappa shape index (κ3) is 3.08. The zero-order chi connectivity index (χ0) is 12.3. The molecule has 2 heterocycles. The van der Waals surface area contributed by atoms with Crippen LogP contribution in [0.3, 0.4) is 0 Å². The number of hydrogen-bond acceptors (Lipinski definition) is 2. The van der Waals surface area contributed by atoms with Crippen molar-refractivity contribution in [1.82, 2.24) is 15.1 Å². The molecule has 1 aromatic rings. The Morgan fingerprint density at radius 2 is 2.35 bits per heavy atom. The van der Waals surface area contributed by atoms with Gasteiger partial charge in [0.15, 0.2) is 0 Å². The predicted molar refractivity (Wildman–Crippen MR) is 66.7 cm³/mol. The molecule has 1 atom stereocenters. The minimum atomic E-state index is 0.105. The first-order valence-electron chi connectivity index (χ1n) is 6.48. The molecular weight excluding hydrogens is 214 g/mol. The highest BCUT2D eigenvalue weighted by atomic mass is 16.1. The van der Waals surface area contributed by atoms with Crippen molar-refractivity contribution in [3.63, 3.8) is 0 Å². The number of hydrogen-bond donors (Lipinski definition) is 1. The highest BCUT2D eigenvalue weighted by Crippen LogP contribution is 2.17. The van der Waals surface area contributed by atoms with E-state index in [1.54, 1.807) is 0 Å². The molecular formula is C13H21N3O. The lowest BCUT2D eigenvalue weighted by Gasteiger charge is -2.11. The molecule has 1 amide bonds. The highest BCUT2D eigenvalue weighted by molar-refractivity contribution is 5.79. The van der Waals surface area contributed by atoms with Crippen LogP contribution in [-0.2, 0) is 11.2 Å². The molecule has 0 radical (unpaired) electrons. The van der Waals surface area contributed by atoms with Crippen molar-refractivity contribution in [2.45, 2.75) is 45.6 Å². The summed E-state index contributed by atoms with van der Waals surface area (Å²) in [6.07, 6.45) is 5.98. The van der Waals surface area contributed by atoms with E-state index in [0.29, 0.717) is 6.04 Å². The molecule has 94 valence electrons. The molecule has 4 heteroatoms. The van der Waals surface area contributed by atoms with Crippen LogP contribution in [0.1, 0.15) is 44.8 Å². The van der Waals surface area contributed by atoms with Crippen molar-refractivity contribution in [2.75, 3.05) is 6.54 Å². The summed E-state index contributed by atoms with van der Waals surface area (Å²) in [7, 11) is 0. The molecule has 0 bridgehead atoms. The van der Waals surface area contributed by atoms with Gasteiger partial charge in [0.1, 0.15) is 0 Å². The van der Waals surface area contributed by atoms with Crippen LogP contribution in [0.15, 0.2) is 12.3 Å². The minimum Gasteiger partial charge on any atom is -0.356 e. The lowest BCUT2D eigenvalue weighted by Crippen LogP contribution is -2.30. The molecule has 1 N–H and O–H groups in total. The zero-order valence-corrected chi connectivity index (χ0v) is 10.6. The summed E-state index contributed by atoms with van der Waals surface area (Å²) in [5.74, 6) is 0.301. The predicted octanol–water partition coefficient (Wildman–Crippen LogP) is 1.92. The van der Waals surface area contributed by atoms with Gasteiger partial charge in [-0.1, -0.05) is 6.42 Å². The van der Waals surface area contributed by atoms with E-state index < -0.39 is 0 Å². The van der Waals surface area contributed by atoms with Gasteiger partial charge in [-0.2, -0.15) is 5.10 Å². The monoisotopic (exact) mass is 235 g/mol. The number of aromatic nitrogens is 2. The summed E-state index contributed by atoms with van der Waals surface area (Å²) in [5.41, 5.74) is 1.03. The van der Waals surface area contributed by atoms with Crippen molar-refractivity contribution in [3.8, 4) is 0 Å². The fourth-order valence-electron chi connectivity index (χ4n) is 2.22. The number of nitrogens with zero attached hydrogens (tertiary/aromatic N) is 2. The number of carbonyl (C=O) groups is 1. The summed E-state index contributed by atoms with van der Waals surface area (Å²) in [4.78, 5) is 11.8. The Hall–Kier alpha value is -1.32. The SMILES string of the molecule is CC(C)n1ccc(CC2CCCCNC2=O)n1. The van der Waals surface area contributed by atoms with Crippen LogP contribution >= 0.6 is 0 Å². The van der Waals surface area contributed by atoms with E-state index in [2.05, 4.69) is 24.3 Å². The molecule has 4 nitrogen and oxygen atoms in total. The molecule has 1 aromatic heterocycles. The van der Waals surface area contributed by atoms with E-state index in [0.717, 1.165) is 37.9 Å². The number of amides is 1. The third-order valence-electron chi connectivity index (χ3n) is 3.30. The molecule has 1 unspecified atom stereocenters. The van der Waals surface area contributed by atoms with Crippen LogP contribution in [0.4, 0.5) is 0 Å². The van der Waals surface area contributed by atoms with E-state index >= 15 is 0 Å². The Balaban J connectivity index is 2.00. The van der Waals surface area contributed by atoms with Crippen LogP contribution in [0.5, 0.6) is 0 Å². The summed E-state index contributed by atoms with van der Waals surface area (Å²) in [6.45, 7) is 5.04. The van der Waals surface area contributed by atoms with Crippen LogP contribution in [0, 0.1) is 5.92 Å². The molecule has 0 aromatic carbocycles. The Morgan fingerprint density at radius 1 is 1.53 bits per heavy atom. The van der Waals surface area contributed by atoms with Gasteiger partial charge in [0.25, 0.3) is 0 Å². The average Bonchev–Trinajstić information content (AvgIpc) is 2.66. The van der Waals surface area contributed by atoms with E-state index in [1.807, 2.05) is 16.9 Å². The lowest BCUT2D eigenvalue weighted by molar-refractivity contribution is -0.124. The largest absolute Gasteiger partial charge is 0.356 e. The zero-order valence-electron chi connectivity index (χ0n) is 10.6. The Kier molecular flexibility index (Phi) is 3.82. The first-order chi connectivity index (χ1) is 8.16. The minimum absolute atomic E-state index is 0.105. The van der Waals surface area contributed by atoms with Crippen LogP contribution in [0.2, 0.25) is 0 Å². The maximum absolute atomic E-state index is 11.8. The molecule has 1 aliphatic heterocycles. The van der Waals surface area contributed by atoms with Gasteiger partial charge in [-0.15, -0.1) is 0 Å². The van der Waals surface area contributed by atoms with E-state index in [-0.39, 0.29) is 11.8 Å². The van der Waals surface area contributed by atoms with E-state index in [1.165, 1.54) is 0 Å². The van der Waals surface area contributed by atoms with Gasteiger partial charge in [0, 0.05) is 31.1 Å². The fourth-order valence-corrected chi connectivity index (χ4v) is 2.22. The molecule has 0 saturated carbocycles. The molecule has 17 heavy (non-hydrogen) atoms. The number of carbonyl (C=O) groups excluding carboxylic acids is 1. The fraction of sp³-hybridized carbons (Fsp3) is 0.692.